The molecule has 43 heavy (non-hydrogen) atoms. The molecule has 3 atom stereocenters. The molecule has 0 aliphatic carbocycles. The second kappa shape index (κ2) is 20.2. The van der Waals surface area contributed by atoms with Gasteiger partial charge in [-0.05, 0) is 43.4 Å². The number of rotatable bonds is 24. The van der Waals surface area contributed by atoms with E-state index in [1.165, 1.54) is 19.6 Å². The molecule has 0 heterocycles. The van der Waals surface area contributed by atoms with Crippen molar-refractivity contribution in [1.82, 2.24) is 5.32 Å². The van der Waals surface area contributed by atoms with E-state index in [4.69, 9.17) is 4.74 Å². The molecule has 0 aliphatic heterocycles. The summed E-state index contributed by atoms with van der Waals surface area (Å²) in [5.41, 5.74) is -2.46. The Hall–Kier alpha value is -3.73. The van der Waals surface area contributed by atoms with Crippen LogP contribution >= 0.6 is 0 Å². The van der Waals surface area contributed by atoms with Gasteiger partial charge in [0.15, 0.2) is 5.60 Å². The molecule has 1 amide bonds. The van der Waals surface area contributed by atoms with Crippen molar-refractivity contribution in [1.29, 1.82) is 0 Å². The lowest BCUT2D eigenvalue weighted by Gasteiger charge is -2.29. The van der Waals surface area contributed by atoms with E-state index >= 15 is 0 Å². The van der Waals surface area contributed by atoms with Crippen LogP contribution in [0, 0.1) is 5.92 Å². The molecule has 0 fully saturated rings. The Morgan fingerprint density at radius 2 is 1.47 bits per heavy atom. The number of allylic oxidation sites excluding steroid dienone is 1. The molecule has 1 aromatic rings. The third-order valence-electron chi connectivity index (χ3n) is 7.27. The van der Waals surface area contributed by atoms with Crippen LogP contribution in [0.15, 0.2) is 36.4 Å². The Balaban J connectivity index is 2.79. The SMILES string of the molecule is CCCCCCCC(=O)CCCCCC/C=C/[C@H](C(=O)N[C@@H](Cc1ccc(OC)cc1)C(=O)O)[C@@](O)(CC(=O)O)C(=O)O. The van der Waals surface area contributed by atoms with Crippen molar-refractivity contribution in [3.05, 3.63) is 42.0 Å². The van der Waals surface area contributed by atoms with Crippen LogP contribution in [0.3, 0.4) is 0 Å². The van der Waals surface area contributed by atoms with Crippen molar-refractivity contribution >= 4 is 29.6 Å². The second-order valence-electron chi connectivity index (χ2n) is 10.8. The Kier molecular flexibility index (Phi) is 17.5. The normalized spacial score (nSPS) is 14.0. The maximum absolute atomic E-state index is 13.2. The van der Waals surface area contributed by atoms with Crippen LogP contribution in [-0.4, -0.2) is 68.8 Å². The van der Waals surface area contributed by atoms with Crippen LogP contribution in [0.5, 0.6) is 5.75 Å². The van der Waals surface area contributed by atoms with E-state index in [1.807, 2.05) is 0 Å². The van der Waals surface area contributed by atoms with Gasteiger partial charge in [0.05, 0.1) is 19.4 Å². The van der Waals surface area contributed by atoms with Gasteiger partial charge in [-0.3, -0.25) is 14.4 Å². The third kappa shape index (κ3) is 14.3. The topological polar surface area (TPSA) is 188 Å². The van der Waals surface area contributed by atoms with Crippen molar-refractivity contribution in [3.63, 3.8) is 0 Å². The molecule has 0 saturated heterocycles. The van der Waals surface area contributed by atoms with Gasteiger partial charge in [0, 0.05) is 19.3 Å². The molecule has 11 heteroatoms. The number of methoxy groups -OCH3 is 1. The number of ketones is 1. The Bertz CT molecular complexity index is 1070. The van der Waals surface area contributed by atoms with Crippen LogP contribution in [0.4, 0.5) is 0 Å². The summed E-state index contributed by atoms with van der Waals surface area (Å²) in [4.78, 5) is 60.5. The number of carboxylic acids is 3. The maximum Gasteiger partial charge on any atom is 0.337 e. The molecule has 0 aromatic heterocycles. The lowest BCUT2D eigenvalue weighted by Crippen LogP contribution is -2.55. The monoisotopic (exact) mass is 605 g/mol. The molecule has 0 unspecified atom stereocenters. The summed E-state index contributed by atoms with van der Waals surface area (Å²) in [6.45, 7) is 2.15. The van der Waals surface area contributed by atoms with Crippen molar-refractivity contribution in [3.8, 4) is 5.75 Å². The van der Waals surface area contributed by atoms with Crippen molar-refractivity contribution in [2.75, 3.05) is 7.11 Å². The molecule has 0 saturated carbocycles. The minimum Gasteiger partial charge on any atom is -0.497 e. The predicted molar refractivity (Wildman–Crippen MR) is 160 cm³/mol. The number of carbonyl (C=O) groups is 5. The minimum absolute atomic E-state index is 0.146. The summed E-state index contributed by atoms with van der Waals surface area (Å²) in [5, 5.41) is 41.7. The molecule has 0 spiro atoms. The average molecular weight is 606 g/mol. The van der Waals surface area contributed by atoms with E-state index < -0.39 is 47.8 Å². The summed E-state index contributed by atoms with van der Waals surface area (Å²) in [7, 11) is 1.48. The number of aliphatic carboxylic acids is 3. The van der Waals surface area contributed by atoms with Crippen LogP contribution in [-0.2, 0) is 30.4 Å². The predicted octanol–water partition coefficient (Wildman–Crippen LogP) is 4.54. The summed E-state index contributed by atoms with van der Waals surface area (Å²) in [6, 6.07) is 4.98. The largest absolute Gasteiger partial charge is 0.497 e. The highest BCUT2D eigenvalue weighted by atomic mass is 16.5. The van der Waals surface area contributed by atoms with Gasteiger partial charge in [-0.1, -0.05) is 69.7 Å². The zero-order chi connectivity index (χ0) is 32.3. The van der Waals surface area contributed by atoms with Crippen molar-refractivity contribution in [2.45, 2.75) is 108 Å². The van der Waals surface area contributed by atoms with E-state index in [2.05, 4.69) is 12.2 Å². The number of nitrogens with one attached hydrogen (secondary N) is 1. The quantitative estimate of drug-likeness (QED) is 0.0827. The van der Waals surface area contributed by atoms with Gasteiger partial charge in [-0.15, -0.1) is 0 Å². The molecule has 0 bridgehead atoms. The second-order valence-corrected chi connectivity index (χ2v) is 10.8. The van der Waals surface area contributed by atoms with E-state index in [1.54, 1.807) is 24.3 Å². The molecule has 11 nitrogen and oxygen atoms in total. The molecule has 0 aliphatic rings. The molecule has 1 aromatic carbocycles. The lowest BCUT2D eigenvalue weighted by atomic mass is 9.82. The van der Waals surface area contributed by atoms with Crippen LogP contribution in [0.1, 0.15) is 96.0 Å². The summed E-state index contributed by atoms with van der Waals surface area (Å²) in [5.74, 6) is -7.13. The van der Waals surface area contributed by atoms with Gasteiger partial charge < -0.3 is 30.5 Å². The zero-order valence-corrected chi connectivity index (χ0v) is 25.3. The number of carboxylic acid groups (broad SMARTS) is 3. The van der Waals surface area contributed by atoms with Gasteiger partial charge in [0.2, 0.25) is 5.91 Å². The van der Waals surface area contributed by atoms with Gasteiger partial charge >= 0.3 is 17.9 Å². The standard InChI is InChI=1S/C32H47NO10/c1-3-4-5-8-11-14-24(34)15-12-9-6-7-10-13-16-26(32(42,31(40)41)22-28(35)36)29(37)33-27(30(38)39)21-23-17-19-25(43-2)20-18-23/h13,16-20,26-27,42H,3-12,14-15,21-22H2,1-2H3,(H,33,37)(H,35,36)(H,38,39)(H,40,41)/b16-13+/t26-,27+,32+/m1/s1. The zero-order valence-electron chi connectivity index (χ0n) is 25.3. The maximum atomic E-state index is 13.2. The van der Waals surface area contributed by atoms with Crippen molar-refractivity contribution < 1.29 is 49.1 Å². The van der Waals surface area contributed by atoms with E-state index in [-0.39, 0.29) is 12.2 Å². The van der Waals surface area contributed by atoms with Crippen LogP contribution in [0.25, 0.3) is 0 Å². The van der Waals surface area contributed by atoms with Gasteiger partial charge in [-0.2, -0.15) is 0 Å². The van der Waals surface area contributed by atoms with Crippen LogP contribution in [0.2, 0.25) is 0 Å². The molecule has 5 N–H and O–H groups in total. The third-order valence-corrected chi connectivity index (χ3v) is 7.27. The van der Waals surface area contributed by atoms with Gasteiger partial charge in [0.1, 0.15) is 17.6 Å². The fourth-order valence-corrected chi connectivity index (χ4v) is 4.69. The molecular weight excluding hydrogens is 558 g/mol. The fourth-order valence-electron chi connectivity index (χ4n) is 4.69. The molecule has 0 radical (unpaired) electrons. The number of hydrogen-bond donors (Lipinski definition) is 5. The minimum atomic E-state index is -3.01. The van der Waals surface area contributed by atoms with E-state index in [9.17, 15) is 44.4 Å². The average Bonchev–Trinajstić information content (AvgIpc) is 2.95. The first-order valence-corrected chi connectivity index (χ1v) is 15.0. The number of benzene rings is 1. The summed E-state index contributed by atoms with van der Waals surface area (Å²) < 4.78 is 5.08. The van der Waals surface area contributed by atoms with Gasteiger partial charge in [0.25, 0.3) is 0 Å². The molecular formula is C32H47NO10. The smallest absolute Gasteiger partial charge is 0.337 e. The number of Topliss-reactive ketones (excluding diaryl/α,β-unsaturated/α-hetero) is 1. The number of aliphatic hydroxyl groups is 1. The van der Waals surface area contributed by atoms with Crippen LogP contribution < -0.4 is 10.1 Å². The number of hydrogen-bond acceptors (Lipinski definition) is 7. The summed E-state index contributed by atoms with van der Waals surface area (Å²) in [6.07, 6.45) is 11.3. The fraction of sp³-hybridized carbons (Fsp3) is 0.594. The number of unbranched alkanes of at least 4 members (excludes halogenated alkanes) is 8. The summed E-state index contributed by atoms with van der Waals surface area (Å²) >= 11 is 0. The number of amides is 1. The first kappa shape index (κ1) is 37.3. The Morgan fingerprint density at radius 1 is 0.884 bits per heavy atom. The van der Waals surface area contributed by atoms with Gasteiger partial charge in [-0.25, -0.2) is 9.59 Å². The Morgan fingerprint density at radius 3 is 1.98 bits per heavy atom. The first-order valence-electron chi connectivity index (χ1n) is 15.0. The van der Waals surface area contributed by atoms with E-state index in [0.29, 0.717) is 37.0 Å². The van der Waals surface area contributed by atoms with Crippen molar-refractivity contribution in [2.24, 2.45) is 5.92 Å². The van der Waals surface area contributed by atoms with E-state index in [0.717, 1.165) is 51.0 Å². The number of ether oxygens (including phenoxy) is 1. The number of carbonyl (C=O) groups excluding carboxylic acids is 2. The highest BCUT2D eigenvalue weighted by Gasteiger charge is 2.49. The Labute approximate surface area is 253 Å². The highest BCUT2D eigenvalue weighted by Crippen LogP contribution is 2.26. The molecule has 240 valence electrons. The first-order chi connectivity index (χ1) is 20.4. The lowest BCUT2D eigenvalue weighted by molar-refractivity contribution is -0.172. The highest BCUT2D eigenvalue weighted by molar-refractivity contribution is 5.94. The molecule has 1 rings (SSSR count).